The van der Waals surface area contributed by atoms with E-state index in [2.05, 4.69) is 5.32 Å². The summed E-state index contributed by atoms with van der Waals surface area (Å²) in [7, 11) is 0. The molecule has 0 fully saturated rings. The second-order valence-electron chi connectivity index (χ2n) is 4.03. The van der Waals surface area contributed by atoms with Crippen molar-refractivity contribution in [1.82, 2.24) is 0 Å². The number of benzene rings is 2. The Bertz CT molecular complexity index is 509. The molecule has 0 atom stereocenters. The zero-order valence-corrected chi connectivity index (χ0v) is 9.70. The molecule has 88 valence electrons. The van der Waals surface area contributed by atoms with Crippen molar-refractivity contribution in [1.29, 1.82) is 0 Å². The van der Waals surface area contributed by atoms with E-state index in [4.69, 9.17) is 5.73 Å². The van der Waals surface area contributed by atoms with Gasteiger partial charge >= 0.3 is 0 Å². The number of anilines is 2. The predicted molar refractivity (Wildman–Crippen MR) is 69.3 cm³/mol. The highest BCUT2D eigenvalue weighted by atomic mass is 19.1. The van der Waals surface area contributed by atoms with Crippen molar-refractivity contribution in [2.24, 2.45) is 0 Å². The number of halogens is 1. The molecule has 0 radical (unpaired) electrons. The lowest BCUT2D eigenvalue weighted by molar-refractivity contribution is 0.619. The fourth-order valence-electron chi connectivity index (χ4n) is 1.64. The fourth-order valence-corrected chi connectivity index (χ4v) is 1.64. The molecule has 0 amide bonds. The monoisotopic (exact) mass is 230 g/mol. The molecule has 0 bridgehead atoms. The van der Waals surface area contributed by atoms with Gasteiger partial charge in [-0.3, -0.25) is 0 Å². The molecule has 0 heterocycles. The van der Waals surface area contributed by atoms with Gasteiger partial charge in [0, 0.05) is 6.54 Å². The summed E-state index contributed by atoms with van der Waals surface area (Å²) in [5, 5.41) is 3.21. The maximum atomic E-state index is 13.2. The number of nitrogen functional groups attached to an aromatic ring is 1. The minimum absolute atomic E-state index is 0.271. The van der Waals surface area contributed by atoms with Crippen LogP contribution in [0.4, 0.5) is 15.8 Å². The summed E-state index contributed by atoms with van der Waals surface area (Å²) in [6.45, 7) is 2.40. The number of hydrogen-bond donors (Lipinski definition) is 2. The second-order valence-corrected chi connectivity index (χ2v) is 4.03. The van der Waals surface area contributed by atoms with Gasteiger partial charge in [-0.15, -0.1) is 0 Å². The molecule has 0 aliphatic carbocycles. The first-order valence-electron chi connectivity index (χ1n) is 5.50. The van der Waals surface area contributed by atoms with Crippen LogP contribution in [0.5, 0.6) is 0 Å². The van der Waals surface area contributed by atoms with Gasteiger partial charge in [0.05, 0.1) is 11.4 Å². The molecule has 3 N–H and O–H groups in total. The minimum atomic E-state index is -0.271. The lowest BCUT2D eigenvalue weighted by atomic mass is 10.1. The van der Waals surface area contributed by atoms with E-state index in [1.165, 1.54) is 6.07 Å². The Morgan fingerprint density at radius 3 is 2.59 bits per heavy atom. The van der Waals surface area contributed by atoms with E-state index in [1.54, 1.807) is 13.0 Å². The van der Waals surface area contributed by atoms with Crippen molar-refractivity contribution in [3.63, 3.8) is 0 Å². The van der Waals surface area contributed by atoms with Crippen molar-refractivity contribution < 1.29 is 4.39 Å². The van der Waals surface area contributed by atoms with Crippen LogP contribution in [0.25, 0.3) is 0 Å². The van der Waals surface area contributed by atoms with Crippen LogP contribution in [0.15, 0.2) is 42.5 Å². The highest BCUT2D eigenvalue weighted by Crippen LogP contribution is 2.23. The van der Waals surface area contributed by atoms with E-state index in [1.807, 2.05) is 30.3 Å². The normalized spacial score (nSPS) is 10.2. The number of hydrogen-bond acceptors (Lipinski definition) is 2. The van der Waals surface area contributed by atoms with Crippen molar-refractivity contribution in [3.8, 4) is 0 Å². The largest absolute Gasteiger partial charge is 0.397 e. The fraction of sp³-hybridized carbons (Fsp3) is 0.143. The van der Waals surface area contributed by atoms with Crippen LogP contribution >= 0.6 is 0 Å². The maximum absolute atomic E-state index is 13.2. The molecule has 3 heteroatoms. The van der Waals surface area contributed by atoms with Gasteiger partial charge in [0.15, 0.2) is 0 Å². The third kappa shape index (κ3) is 2.75. The van der Waals surface area contributed by atoms with Crippen LogP contribution in [0.2, 0.25) is 0 Å². The van der Waals surface area contributed by atoms with E-state index in [0.717, 1.165) is 11.3 Å². The summed E-state index contributed by atoms with van der Waals surface area (Å²) in [4.78, 5) is 0. The molecule has 17 heavy (non-hydrogen) atoms. The van der Waals surface area contributed by atoms with Crippen molar-refractivity contribution in [2.45, 2.75) is 13.5 Å². The maximum Gasteiger partial charge on any atom is 0.128 e. The molecule has 0 aliphatic rings. The third-order valence-corrected chi connectivity index (χ3v) is 2.66. The number of aryl methyl sites for hydroxylation is 1. The van der Waals surface area contributed by atoms with Gasteiger partial charge in [0.25, 0.3) is 0 Å². The Morgan fingerprint density at radius 2 is 1.88 bits per heavy atom. The quantitative estimate of drug-likeness (QED) is 0.794. The first kappa shape index (κ1) is 11.5. The van der Waals surface area contributed by atoms with Crippen molar-refractivity contribution >= 4 is 11.4 Å². The minimum Gasteiger partial charge on any atom is -0.397 e. The molecule has 0 aliphatic heterocycles. The SMILES string of the molecule is Cc1cc(NCc2ccccc2)c(N)cc1F. The Balaban J connectivity index is 2.12. The molecule has 0 saturated carbocycles. The van der Waals surface area contributed by atoms with Gasteiger partial charge in [0.2, 0.25) is 0 Å². The Labute approximate surface area is 100 Å². The average molecular weight is 230 g/mol. The molecule has 2 aromatic carbocycles. The number of rotatable bonds is 3. The van der Waals surface area contributed by atoms with E-state index < -0.39 is 0 Å². The average Bonchev–Trinajstić information content (AvgIpc) is 2.33. The van der Waals surface area contributed by atoms with E-state index in [-0.39, 0.29) is 5.82 Å². The van der Waals surface area contributed by atoms with Crippen LogP contribution in [0.1, 0.15) is 11.1 Å². The first-order valence-corrected chi connectivity index (χ1v) is 5.50. The molecule has 2 nitrogen and oxygen atoms in total. The topological polar surface area (TPSA) is 38.0 Å². The number of nitrogens with one attached hydrogen (secondary N) is 1. The van der Waals surface area contributed by atoms with Crippen LogP contribution in [0, 0.1) is 12.7 Å². The molecule has 0 unspecified atom stereocenters. The highest BCUT2D eigenvalue weighted by Gasteiger charge is 2.04. The summed E-state index contributed by atoms with van der Waals surface area (Å²) < 4.78 is 13.2. The molecule has 0 spiro atoms. The molecule has 2 aromatic rings. The zero-order valence-electron chi connectivity index (χ0n) is 9.70. The summed E-state index contributed by atoms with van der Waals surface area (Å²) in [6.07, 6.45) is 0. The molecule has 0 aromatic heterocycles. The smallest absolute Gasteiger partial charge is 0.128 e. The van der Waals surface area contributed by atoms with Gasteiger partial charge in [-0.25, -0.2) is 4.39 Å². The molecular weight excluding hydrogens is 215 g/mol. The first-order chi connectivity index (χ1) is 8.16. The van der Waals surface area contributed by atoms with Gasteiger partial charge in [-0.2, -0.15) is 0 Å². The summed E-state index contributed by atoms with van der Waals surface area (Å²) in [6, 6.07) is 13.1. The third-order valence-electron chi connectivity index (χ3n) is 2.66. The molecule has 0 saturated heterocycles. The standard InChI is InChI=1S/C14H15FN2/c1-10-7-14(13(16)8-12(10)15)17-9-11-5-3-2-4-6-11/h2-8,17H,9,16H2,1H3. The van der Waals surface area contributed by atoms with Gasteiger partial charge in [-0.1, -0.05) is 30.3 Å². The van der Waals surface area contributed by atoms with Gasteiger partial charge in [-0.05, 0) is 30.2 Å². The van der Waals surface area contributed by atoms with Crippen LogP contribution in [0.3, 0.4) is 0 Å². The second kappa shape index (κ2) is 4.87. The van der Waals surface area contributed by atoms with E-state index in [9.17, 15) is 4.39 Å². The summed E-state index contributed by atoms with van der Waals surface area (Å²) in [5.41, 5.74) is 8.71. The van der Waals surface area contributed by atoms with Crippen molar-refractivity contribution in [2.75, 3.05) is 11.1 Å². The van der Waals surface area contributed by atoms with Crippen LogP contribution in [-0.2, 0) is 6.54 Å². The zero-order chi connectivity index (χ0) is 12.3. The summed E-state index contributed by atoms with van der Waals surface area (Å²) in [5.74, 6) is -0.271. The van der Waals surface area contributed by atoms with Gasteiger partial charge in [0.1, 0.15) is 5.82 Å². The Morgan fingerprint density at radius 1 is 1.18 bits per heavy atom. The van der Waals surface area contributed by atoms with Crippen LogP contribution < -0.4 is 11.1 Å². The van der Waals surface area contributed by atoms with Gasteiger partial charge < -0.3 is 11.1 Å². The van der Waals surface area contributed by atoms with E-state index >= 15 is 0 Å². The molecular formula is C14H15FN2. The summed E-state index contributed by atoms with van der Waals surface area (Å²) >= 11 is 0. The predicted octanol–water partition coefficient (Wildman–Crippen LogP) is 3.33. The Hall–Kier alpha value is -2.03. The Kier molecular flexibility index (Phi) is 3.28. The lowest BCUT2D eigenvalue weighted by Gasteiger charge is -2.10. The van der Waals surface area contributed by atoms with Crippen molar-refractivity contribution in [3.05, 3.63) is 59.4 Å². The van der Waals surface area contributed by atoms with Crippen LogP contribution in [-0.4, -0.2) is 0 Å². The number of nitrogens with two attached hydrogens (primary N) is 1. The lowest BCUT2D eigenvalue weighted by Crippen LogP contribution is -2.03. The molecule has 2 rings (SSSR count). The highest BCUT2D eigenvalue weighted by molar-refractivity contribution is 5.67. The van der Waals surface area contributed by atoms with E-state index in [0.29, 0.717) is 17.8 Å².